The molecule has 2 rings (SSSR count). The second-order valence-electron chi connectivity index (χ2n) is 5.55. The summed E-state index contributed by atoms with van der Waals surface area (Å²) in [7, 11) is 1.78. The van der Waals surface area contributed by atoms with Crippen molar-refractivity contribution < 1.29 is 9.59 Å². The number of benzene rings is 1. The van der Waals surface area contributed by atoms with Crippen LogP contribution in [0.2, 0.25) is 0 Å². The summed E-state index contributed by atoms with van der Waals surface area (Å²) < 4.78 is 0. The average molecular weight is 289 g/mol. The van der Waals surface area contributed by atoms with Crippen LogP contribution >= 0.6 is 0 Å². The van der Waals surface area contributed by atoms with E-state index in [2.05, 4.69) is 0 Å². The van der Waals surface area contributed by atoms with E-state index in [0.717, 1.165) is 12.0 Å². The molecule has 0 saturated carbocycles. The van der Waals surface area contributed by atoms with Crippen molar-refractivity contribution in [2.24, 2.45) is 11.7 Å². The highest BCUT2D eigenvalue weighted by molar-refractivity contribution is 5.86. The zero-order valence-electron chi connectivity index (χ0n) is 12.5. The Morgan fingerprint density at radius 2 is 2.00 bits per heavy atom. The van der Waals surface area contributed by atoms with E-state index in [1.54, 1.807) is 16.8 Å². The van der Waals surface area contributed by atoms with Crippen LogP contribution in [0.5, 0.6) is 0 Å². The monoisotopic (exact) mass is 289 g/mol. The molecule has 1 atom stereocenters. The van der Waals surface area contributed by atoms with Crippen molar-refractivity contribution in [2.45, 2.75) is 12.8 Å². The molecule has 5 heteroatoms. The number of likely N-dealkylation sites (N-methyl/N-ethyl adjacent to an activating group) is 1. The van der Waals surface area contributed by atoms with Gasteiger partial charge in [0.1, 0.15) is 0 Å². The maximum absolute atomic E-state index is 12.6. The van der Waals surface area contributed by atoms with Crippen molar-refractivity contribution in [1.82, 2.24) is 9.80 Å². The molecule has 1 aliphatic rings. The number of nitrogens with zero attached hydrogens (tertiary/aromatic N) is 2. The molecule has 1 aliphatic heterocycles. The third-order valence-corrected chi connectivity index (χ3v) is 3.94. The van der Waals surface area contributed by atoms with Gasteiger partial charge < -0.3 is 15.5 Å². The molecular formula is C16H23N3O2. The van der Waals surface area contributed by atoms with Gasteiger partial charge in [0.05, 0.1) is 12.5 Å². The molecule has 5 nitrogen and oxygen atoms in total. The van der Waals surface area contributed by atoms with Gasteiger partial charge in [-0.25, -0.2) is 0 Å². The standard InChI is InChI=1S/C16H23N3O2/c1-18-8-5-9-19(12-15(18)20)16(21)14(11-17)10-13-6-3-2-4-7-13/h2-4,6-7,14H,5,8-12,17H2,1H3. The Hall–Kier alpha value is -1.88. The largest absolute Gasteiger partial charge is 0.344 e. The second kappa shape index (κ2) is 7.22. The zero-order chi connectivity index (χ0) is 15.2. The maximum atomic E-state index is 12.6. The lowest BCUT2D eigenvalue weighted by molar-refractivity contribution is -0.140. The molecule has 2 N–H and O–H groups in total. The van der Waals surface area contributed by atoms with Crippen molar-refractivity contribution >= 4 is 11.8 Å². The molecule has 1 unspecified atom stereocenters. The minimum absolute atomic E-state index is 0.00340. The average Bonchev–Trinajstić information content (AvgIpc) is 2.67. The van der Waals surface area contributed by atoms with Crippen molar-refractivity contribution in [3.8, 4) is 0 Å². The highest BCUT2D eigenvalue weighted by Gasteiger charge is 2.27. The smallest absolute Gasteiger partial charge is 0.241 e. The van der Waals surface area contributed by atoms with Crippen molar-refractivity contribution in [1.29, 1.82) is 0 Å². The van der Waals surface area contributed by atoms with E-state index in [9.17, 15) is 9.59 Å². The van der Waals surface area contributed by atoms with Crippen LogP contribution < -0.4 is 5.73 Å². The quantitative estimate of drug-likeness (QED) is 0.877. The molecule has 2 amide bonds. The second-order valence-corrected chi connectivity index (χ2v) is 5.55. The zero-order valence-corrected chi connectivity index (χ0v) is 12.5. The molecule has 0 aromatic heterocycles. The van der Waals surface area contributed by atoms with Gasteiger partial charge in [0.2, 0.25) is 11.8 Å². The van der Waals surface area contributed by atoms with Crippen LogP contribution in [0.4, 0.5) is 0 Å². The van der Waals surface area contributed by atoms with Gasteiger partial charge in [-0.05, 0) is 18.4 Å². The molecule has 0 spiro atoms. The van der Waals surface area contributed by atoms with E-state index in [0.29, 0.717) is 26.1 Å². The van der Waals surface area contributed by atoms with Crippen LogP contribution in [0.3, 0.4) is 0 Å². The summed E-state index contributed by atoms with van der Waals surface area (Å²) >= 11 is 0. The first kappa shape index (κ1) is 15.5. The molecule has 0 bridgehead atoms. The van der Waals surface area contributed by atoms with Crippen molar-refractivity contribution in [3.05, 3.63) is 35.9 Å². The third-order valence-electron chi connectivity index (χ3n) is 3.94. The fourth-order valence-corrected chi connectivity index (χ4v) is 2.60. The fourth-order valence-electron chi connectivity index (χ4n) is 2.60. The Balaban J connectivity index is 2.03. The van der Waals surface area contributed by atoms with E-state index in [-0.39, 0.29) is 24.3 Å². The Morgan fingerprint density at radius 3 is 2.67 bits per heavy atom. The molecule has 1 aromatic carbocycles. The van der Waals surface area contributed by atoms with E-state index >= 15 is 0 Å². The Kier molecular flexibility index (Phi) is 5.33. The highest BCUT2D eigenvalue weighted by atomic mass is 16.2. The summed E-state index contributed by atoms with van der Waals surface area (Å²) in [5.74, 6) is -0.273. The number of nitrogens with two attached hydrogens (primary N) is 1. The Bertz CT molecular complexity index is 490. The lowest BCUT2D eigenvalue weighted by Gasteiger charge is -2.25. The van der Waals surface area contributed by atoms with E-state index in [1.807, 2.05) is 30.3 Å². The highest BCUT2D eigenvalue weighted by Crippen LogP contribution is 2.13. The topological polar surface area (TPSA) is 66.6 Å². The summed E-state index contributed by atoms with van der Waals surface area (Å²) in [6.45, 7) is 1.80. The van der Waals surface area contributed by atoms with E-state index in [4.69, 9.17) is 5.73 Å². The molecule has 114 valence electrons. The minimum atomic E-state index is -0.261. The first-order chi connectivity index (χ1) is 10.1. The lowest BCUT2D eigenvalue weighted by atomic mass is 9.98. The van der Waals surface area contributed by atoms with Gasteiger partial charge >= 0.3 is 0 Å². The van der Waals surface area contributed by atoms with Gasteiger partial charge in [-0.3, -0.25) is 9.59 Å². The van der Waals surface area contributed by atoms with Gasteiger partial charge in [0.25, 0.3) is 0 Å². The van der Waals surface area contributed by atoms with Crippen LogP contribution in [0, 0.1) is 5.92 Å². The third kappa shape index (κ3) is 4.04. The summed E-state index contributed by atoms with van der Waals surface area (Å²) in [4.78, 5) is 27.9. The van der Waals surface area contributed by atoms with Gasteiger partial charge in [0.15, 0.2) is 0 Å². The van der Waals surface area contributed by atoms with Gasteiger partial charge in [0, 0.05) is 26.7 Å². The number of amides is 2. The molecular weight excluding hydrogens is 266 g/mol. The van der Waals surface area contributed by atoms with Gasteiger partial charge in [-0.15, -0.1) is 0 Å². The van der Waals surface area contributed by atoms with Crippen LogP contribution in [-0.2, 0) is 16.0 Å². The van der Waals surface area contributed by atoms with Crippen LogP contribution in [-0.4, -0.2) is 54.8 Å². The van der Waals surface area contributed by atoms with Crippen molar-refractivity contribution in [3.63, 3.8) is 0 Å². The minimum Gasteiger partial charge on any atom is -0.344 e. The maximum Gasteiger partial charge on any atom is 0.241 e. The number of carbonyl (C=O) groups is 2. The lowest BCUT2D eigenvalue weighted by Crippen LogP contribution is -2.43. The number of hydrogen-bond donors (Lipinski definition) is 1. The van der Waals surface area contributed by atoms with Crippen molar-refractivity contribution in [2.75, 3.05) is 33.2 Å². The summed E-state index contributed by atoms with van der Waals surface area (Å²) in [6.07, 6.45) is 1.44. The molecule has 0 aliphatic carbocycles. The number of carbonyl (C=O) groups excluding carboxylic acids is 2. The Morgan fingerprint density at radius 1 is 1.29 bits per heavy atom. The molecule has 21 heavy (non-hydrogen) atoms. The number of rotatable bonds is 4. The van der Waals surface area contributed by atoms with Crippen LogP contribution in [0.1, 0.15) is 12.0 Å². The molecule has 1 saturated heterocycles. The summed E-state index contributed by atoms with van der Waals surface area (Å²) in [5, 5.41) is 0. The predicted molar refractivity (Wildman–Crippen MR) is 81.5 cm³/mol. The van der Waals surface area contributed by atoms with Crippen LogP contribution in [0.25, 0.3) is 0 Å². The molecule has 1 aromatic rings. The predicted octanol–water partition coefficient (Wildman–Crippen LogP) is 0.495. The number of hydrogen-bond acceptors (Lipinski definition) is 3. The van der Waals surface area contributed by atoms with Gasteiger partial charge in [-0.2, -0.15) is 0 Å². The molecule has 0 radical (unpaired) electrons. The SMILES string of the molecule is CN1CCCN(C(=O)C(CN)Cc2ccccc2)CC1=O. The fraction of sp³-hybridized carbons (Fsp3) is 0.500. The first-order valence-electron chi connectivity index (χ1n) is 7.38. The van der Waals surface area contributed by atoms with E-state index < -0.39 is 0 Å². The van der Waals surface area contributed by atoms with Crippen LogP contribution in [0.15, 0.2) is 30.3 Å². The summed E-state index contributed by atoms with van der Waals surface area (Å²) in [5.41, 5.74) is 6.88. The molecule has 1 heterocycles. The summed E-state index contributed by atoms with van der Waals surface area (Å²) in [6, 6.07) is 9.86. The normalized spacial score (nSPS) is 17.5. The van der Waals surface area contributed by atoms with Gasteiger partial charge in [-0.1, -0.05) is 30.3 Å². The first-order valence-corrected chi connectivity index (χ1v) is 7.38. The Labute approximate surface area is 125 Å². The van der Waals surface area contributed by atoms with E-state index in [1.165, 1.54) is 0 Å². The molecule has 1 fully saturated rings.